The number of sulfone groups is 1. The van der Waals surface area contributed by atoms with Crippen LogP contribution in [0.15, 0.2) is 30.5 Å². The van der Waals surface area contributed by atoms with Gasteiger partial charge in [-0.05, 0) is 32.4 Å². The molecule has 1 aromatic carbocycles. The Labute approximate surface area is 127 Å². The van der Waals surface area contributed by atoms with Crippen molar-refractivity contribution >= 4 is 20.7 Å². The second kappa shape index (κ2) is 5.81. The molecule has 0 spiro atoms. The van der Waals surface area contributed by atoms with Crippen LogP contribution in [0.25, 0.3) is 10.9 Å². The number of rotatable bonds is 5. The summed E-state index contributed by atoms with van der Waals surface area (Å²) in [4.78, 5) is 0. The molecular weight excluding hydrogens is 284 g/mol. The number of aryl methyl sites for hydroxylation is 1. The van der Waals surface area contributed by atoms with Gasteiger partial charge in [0.05, 0.1) is 5.75 Å². The summed E-state index contributed by atoms with van der Waals surface area (Å²) < 4.78 is 24.8. The Balaban J connectivity index is 2.30. The van der Waals surface area contributed by atoms with Crippen molar-refractivity contribution in [1.29, 1.82) is 0 Å². The van der Waals surface area contributed by atoms with Crippen LogP contribution in [-0.2, 0) is 22.9 Å². The van der Waals surface area contributed by atoms with Crippen LogP contribution in [0.2, 0.25) is 0 Å². The van der Waals surface area contributed by atoms with Crippen LogP contribution < -0.4 is 5.32 Å². The fraction of sp³-hybridized carbons (Fsp3) is 0.500. The zero-order valence-corrected chi connectivity index (χ0v) is 14.0. The molecule has 0 aliphatic rings. The van der Waals surface area contributed by atoms with Crippen LogP contribution in [0.3, 0.4) is 0 Å². The molecule has 0 atom stereocenters. The Morgan fingerprint density at radius 3 is 2.48 bits per heavy atom. The number of aromatic nitrogens is 1. The molecule has 0 fully saturated rings. The maximum absolute atomic E-state index is 11.4. The molecule has 4 nitrogen and oxygen atoms in total. The van der Waals surface area contributed by atoms with E-state index in [2.05, 4.69) is 38.4 Å². The quantitative estimate of drug-likeness (QED) is 0.923. The summed E-state index contributed by atoms with van der Waals surface area (Å²) in [6.07, 6.45) is 3.34. The minimum absolute atomic E-state index is 0.0515. The molecule has 0 radical (unpaired) electrons. The Hall–Kier alpha value is -1.33. The van der Waals surface area contributed by atoms with E-state index in [1.54, 1.807) is 0 Å². The van der Waals surface area contributed by atoms with Crippen molar-refractivity contribution in [2.24, 2.45) is 0 Å². The first-order valence-corrected chi connectivity index (χ1v) is 9.21. The molecule has 0 saturated carbocycles. The third-order valence-corrected chi connectivity index (χ3v) is 4.31. The molecule has 0 aliphatic carbocycles. The van der Waals surface area contributed by atoms with Gasteiger partial charge in [-0.1, -0.05) is 18.2 Å². The van der Waals surface area contributed by atoms with Crippen molar-refractivity contribution in [1.82, 2.24) is 9.88 Å². The summed E-state index contributed by atoms with van der Waals surface area (Å²) in [5.41, 5.74) is 2.34. The Morgan fingerprint density at radius 1 is 1.19 bits per heavy atom. The summed E-state index contributed by atoms with van der Waals surface area (Å²) in [6, 6.07) is 8.13. The predicted molar refractivity (Wildman–Crippen MR) is 88.2 cm³/mol. The normalized spacial score (nSPS) is 13.0. The van der Waals surface area contributed by atoms with Crippen LogP contribution in [0, 0.1) is 0 Å². The first-order chi connectivity index (χ1) is 9.66. The maximum Gasteiger partial charge on any atom is 0.149 e. The van der Waals surface area contributed by atoms with Crippen LogP contribution in [-0.4, -0.2) is 30.5 Å². The van der Waals surface area contributed by atoms with E-state index >= 15 is 0 Å². The number of para-hydroxylation sites is 1. The van der Waals surface area contributed by atoms with Crippen molar-refractivity contribution in [2.75, 3.05) is 12.0 Å². The monoisotopic (exact) mass is 308 g/mol. The fourth-order valence-corrected chi connectivity index (χ4v) is 2.80. The standard InChI is InChI=1S/C16H24N2O2S/c1-16(2,3)17-11-13-12-18(9-10-21(4,19)20)15-8-6-5-7-14(13)15/h5-8,12,17H,9-11H2,1-4H3. The van der Waals surface area contributed by atoms with Gasteiger partial charge in [0, 0.05) is 42.0 Å². The zero-order valence-electron chi connectivity index (χ0n) is 13.2. The molecule has 5 heteroatoms. The summed E-state index contributed by atoms with van der Waals surface area (Å²) >= 11 is 0. The highest BCUT2D eigenvalue weighted by Gasteiger charge is 2.13. The number of benzene rings is 1. The SMILES string of the molecule is CC(C)(C)NCc1cn(CCS(C)(=O)=O)c2ccccc12. The first-order valence-electron chi connectivity index (χ1n) is 7.15. The average Bonchev–Trinajstić information content (AvgIpc) is 2.71. The Kier molecular flexibility index (Phi) is 4.44. The van der Waals surface area contributed by atoms with Crippen molar-refractivity contribution < 1.29 is 8.42 Å². The molecule has 0 amide bonds. The molecule has 0 aliphatic heterocycles. The van der Waals surface area contributed by atoms with E-state index < -0.39 is 9.84 Å². The molecule has 1 heterocycles. The zero-order chi connectivity index (χ0) is 15.7. The van der Waals surface area contributed by atoms with E-state index in [1.807, 2.05) is 22.8 Å². The van der Waals surface area contributed by atoms with Crippen molar-refractivity contribution in [3.8, 4) is 0 Å². The second-order valence-electron chi connectivity index (χ2n) is 6.60. The highest BCUT2D eigenvalue weighted by atomic mass is 32.2. The first kappa shape index (κ1) is 16.0. The highest BCUT2D eigenvalue weighted by molar-refractivity contribution is 7.90. The molecular formula is C16H24N2O2S. The number of nitrogens with one attached hydrogen (secondary N) is 1. The van der Waals surface area contributed by atoms with E-state index in [0.717, 1.165) is 12.1 Å². The minimum atomic E-state index is -2.95. The summed E-state index contributed by atoms with van der Waals surface area (Å²) in [7, 11) is -2.95. The molecule has 0 bridgehead atoms. The number of nitrogens with zero attached hydrogens (tertiary/aromatic N) is 1. The third kappa shape index (κ3) is 4.58. The lowest BCUT2D eigenvalue weighted by atomic mass is 10.1. The van der Waals surface area contributed by atoms with Gasteiger partial charge in [-0.15, -0.1) is 0 Å². The highest BCUT2D eigenvalue weighted by Crippen LogP contribution is 2.22. The van der Waals surface area contributed by atoms with Crippen molar-refractivity contribution in [3.63, 3.8) is 0 Å². The number of fused-ring (bicyclic) bond motifs is 1. The molecule has 2 rings (SSSR count). The number of hydrogen-bond acceptors (Lipinski definition) is 3. The van der Waals surface area contributed by atoms with Crippen molar-refractivity contribution in [3.05, 3.63) is 36.0 Å². The molecule has 116 valence electrons. The largest absolute Gasteiger partial charge is 0.346 e. The minimum Gasteiger partial charge on any atom is -0.346 e. The van der Waals surface area contributed by atoms with Gasteiger partial charge in [0.15, 0.2) is 0 Å². The predicted octanol–water partition coefficient (Wildman–Crippen LogP) is 2.57. The van der Waals surface area contributed by atoms with Crippen molar-refractivity contribution in [2.45, 2.75) is 39.4 Å². The summed E-state index contributed by atoms with van der Waals surface area (Å²) in [5, 5.41) is 4.67. The molecule has 1 aromatic heterocycles. The molecule has 0 saturated heterocycles. The van der Waals surface area contributed by atoms with E-state index in [1.165, 1.54) is 17.2 Å². The fourth-order valence-electron chi connectivity index (χ4n) is 2.27. The van der Waals surface area contributed by atoms with Gasteiger partial charge < -0.3 is 9.88 Å². The molecule has 21 heavy (non-hydrogen) atoms. The van der Waals surface area contributed by atoms with Crippen LogP contribution in [0.1, 0.15) is 26.3 Å². The van der Waals surface area contributed by atoms with E-state index in [9.17, 15) is 8.42 Å². The molecule has 0 unspecified atom stereocenters. The smallest absolute Gasteiger partial charge is 0.149 e. The average molecular weight is 308 g/mol. The van der Waals surface area contributed by atoms with E-state index in [-0.39, 0.29) is 11.3 Å². The topological polar surface area (TPSA) is 51.1 Å². The van der Waals surface area contributed by atoms with Gasteiger partial charge >= 0.3 is 0 Å². The van der Waals surface area contributed by atoms with Gasteiger partial charge in [0.2, 0.25) is 0 Å². The van der Waals surface area contributed by atoms with Gasteiger partial charge in [-0.25, -0.2) is 8.42 Å². The van der Waals surface area contributed by atoms with Crippen LogP contribution >= 0.6 is 0 Å². The maximum atomic E-state index is 11.4. The molecule has 2 aromatic rings. The Morgan fingerprint density at radius 2 is 1.86 bits per heavy atom. The van der Waals surface area contributed by atoms with Gasteiger partial charge in [-0.3, -0.25) is 0 Å². The lowest BCUT2D eigenvalue weighted by Crippen LogP contribution is -2.35. The van der Waals surface area contributed by atoms with Gasteiger partial charge in [0.25, 0.3) is 0 Å². The van der Waals surface area contributed by atoms with Gasteiger partial charge in [-0.2, -0.15) is 0 Å². The van der Waals surface area contributed by atoms with Crippen LogP contribution in [0.4, 0.5) is 0 Å². The van der Waals surface area contributed by atoms with Gasteiger partial charge in [0.1, 0.15) is 9.84 Å². The number of hydrogen-bond donors (Lipinski definition) is 1. The summed E-state index contributed by atoms with van der Waals surface area (Å²) in [5.74, 6) is 0.164. The lowest BCUT2D eigenvalue weighted by molar-refractivity contribution is 0.425. The Bertz CT molecular complexity index is 724. The van der Waals surface area contributed by atoms with E-state index in [0.29, 0.717) is 6.54 Å². The summed E-state index contributed by atoms with van der Waals surface area (Å²) in [6.45, 7) is 7.67. The van der Waals surface area contributed by atoms with Crippen LogP contribution in [0.5, 0.6) is 0 Å². The lowest BCUT2D eigenvalue weighted by Gasteiger charge is -2.20. The third-order valence-electron chi connectivity index (χ3n) is 3.38. The molecule has 1 N–H and O–H groups in total. The van der Waals surface area contributed by atoms with E-state index in [4.69, 9.17) is 0 Å². The second-order valence-corrected chi connectivity index (χ2v) is 8.86.